The number of carbonyl (C=O) groups excluding carboxylic acids is 2. The molecule has 1 heterocycles. The third-order valence-corrected chi connectivity index (χ3v) is 5.45. The molecule has 29 heavy (non-hydrogen) atoms. The minimum absolute atomic E-state index is 0.0470. The van der Waals surface area contributed by atoms with Gasteiger partial charge in [-0.15, -0.1) is 0 Å². The standard InChI is InChI=1S/C21H17F3O5/c1-27-20(21(22,23)24,12-7-3-2-4-8-12)19(26)29-18-14-10-6-5-9-13(14)17-15(18)11-16(25)28-17/h2-10,15,17-18H,11H2,1H3/t15-,17-,18+,20-/m1/s1. The Hall–Kier alpha value is -2.87. The van der Waals surface area contributed by atoms with Crippen LogP contribution in [0.15, 0.2) is 54.6 Å². The number of esters is 2. The third kappa shape index (κ3) is 2.90. The van der Waals surface area contributed by atoms with Gasteiger partial charge in [-0.05, 0) is 11.1 Å². The fourth-order valence-electron chi connectivity index (χ4n) is 4.13. The average Bonchev–Trinajstić information content (AvgIpc) is 3.19. The van der Waals surface area contributed by atoms with Crippen molar-refractivity contribution in [2.75, 3.05) is 7.11 Å². The van der Waals surface area contributed by atoms with Crippen LogP contribution in [0.5, 0.6) is 0 Å². The molecule has 2 aromatic rings. The molecule has 8 heteroatoms. The van der Waals surface area contributed by atoms with E-state index in [4.69, 9.17) is 14.2 Å². The largest absolute Gasteiger partial charge is 0.457 e. The molecule has 1 saturated heterocycles. The van der Waals surface area contributed by atoms with Gasteiger partial charge in [0.1, 0.15) is 12.2 Å². The topological polar surface area (TPSA) is 61.8 Å². The van der Waals surface area contributed by atoms with Crippen LogP contribution in [-0.4, -0.2) is 25.2 Å². The van der Waals surface area contributed by atoms with Crippen LogP contribution in [-0.2, 0) is 29.4 Å². The Balaban J connectivity index is 1.74. The summed E-state index contributed by atoms with van der Waals surface area (Å²) in [6.07, 6.45) is -6.80. The summed E-state index contributed by atoms with van der Waals surface area (Å²) >= 11 is 0. The Morgan fingerprint density at radius 2 is 1.66 bits per heavy atom. The highest BCUT2D eigenvalue weighted by atomic mass is 19.4. The first-order valence-electron chi connectivity index (χ1n) is 8.96. The fraction of sp³-hybridized carbons (Fsp3) is 0.333. The molecular formula is C21H17F3O5. The van der Waals surface area contributed by atoms with Gasteiger partial charge in [0.15, 0.2) is 0 Å². The van der Waals surface area contributed by atoms with Gasteiger partial charge in [0.05, 0.1) is 12.3 Å². The van der Waals surface area contributed by atoms with Crippen molar-refractivity contribution in [1.29, 1.82) is 0 Å². The molecule has 0 spiro atoms. The molecule has 0 radical (unpaired) electrons. The van der Waals surface area contributed by atoms with Crippen molar-refractivity contribution in [1.82, 2.24) is 0 Å². The predicted molar refractivity (Wildman–Crippen MR) is 93.4 cm³/mol. The smallest absolute Gasteiger partial charge is 0.432 e. The van der Waals surface area contributed by atoms with Crippen LogP contribution < -0.4 is 0 Å². The molecule has 0 N–H and O–H groups in total. The lowest BCUT2D eigenvalue weighted by Crippen LogP contribution is -2.52. The van der Waals surface area contributed by atoms with E-state index in [-0.39, 0.29) is 12.0 Å². The molecule has 2 aromatic carbocycles. The van der Waals surface area contributed by atoms with Crippen molar-refractivity contribution in [2.45, 2.75) is 30.4 Å². The van der Waals surface area contributed by atoms with Gasteiger partial charge in [0, 0.05) is 12.7 Å². The Morgan fingerprint density at radius 1 is 1.03 bits per heavy atom. The van der Waals surface area contributed by atoms with E-state index in [1.54, 1.807) is 24.3 Å². The molecule has 1 aliphatic carbocycles. The molecule has 0 unspecified atom stereocenters. The lowest BCUT2D eigenvalue weighted by Gasteiger charge is -2.34. The van der Waals surface area contributed by atoms with Crippen molar-refractivity contribution in [2.24, 2.45) is 5.92 Å². The number of alkyl halides is 3. The van der Waals surface area contributed by atoms with Crippen molar-refractivity contribution in [3.05, 3.63) is 71.3 Å². The number of methoxy groups -OCH3 is 1. The summed E-state index contributed by atoms with van der Waals surface area (Å²) in [5, 5.41) is 0. The van der Waals surface area contributed by atoms with Gasteiger partial charge in [-0.3, -0.25) is 4.79 Å². The van der Waals surface area contributed by atoms with Crippen molar-refractivity contribution in [3.63, 3.8) is 0 Å². The van der Waals surface area contributed by atoms with Gasteiger partial charge >= 0.3 is 18.1 Å². The molecule has 0 aromatic heterocycles. The molecule has 0 bridgehead atoms. The van der Waals surface area contributed by atoms with Crippen LogP contribution in [0, 0.1) is 5.92 Å². The number of hydrogen-bond acceptors (Lipinski definition) is 5. The highest BCUT2D eigenvalue weighted by Crippen LogP contribution is 2.54. The van der Waals surface area contributed by atoms with E-state index in [9.17, 15) is 22.8 Å². The summed E-state index contributed by atoms with van der Waals surface area (Å²) in [5.41, 5.74) is -2.51. The van der Waals surface area contributed by atoms with Gasteiger partial charge in [-0.1, -0.05) is 54.6 Å². The van der Waals surface area contributed by atoms with Crippen molar-refractivity contribution >= 4 is 11.9 Å². The summed E-state index contributed by atoms with van der Waals surface area (Å²) in [4.78, 5) is 24.8. The van der Waals surface area contributed by atoms with Crippen LogP contribution in [0.25, 0.3) is 0 Å². The SMILES string of the molecule is CO[C@@](C(=O)O[C@H]1c2ccccc2[C@H]2OC(=O)C[C@H]21)(c1ccccc1)C(F)(F)F. The second kappa shape index (κ2) is 6.88. The van der Waals surface area contributed by atoms with Crippen molar-refractivity contribution in [3.8, 4) is 0 Å². The second-order valence-electron chi connectivity index (χ2n) is 6.98. The molecule has 1 aliphatic heterocycles. The second-order valence-corrected chi connectivity index (χ2v) is 6.98. The Kier molecular flexibility index (Phi) is 4.61. The highest BCUT2D eigenvalue weighted by molar-refractivity contribution is 5.83. The average molecular weight is 406 g/mol. The van der Waals surface area contributed by atoms with Gasteiger partial charge in [0.2, 0.25) is 0 Å². The number of ether oxygens (including phenoxy) is 3. The molecule has 4 rings (SSSR count). The summed E-state index contributed by atoms with van der Waals surface area (Å²) in [6, 6.07) is 13.4. The first kappa shape index (κ1) is 19.4. The van der Waals surface area contributed by atoms with Gasteiger partial charge < -0.3 is 14.2 Å². The normalized spacial score (nSPS) is 25.0. The molecule has 0 amide bonds. The molecule has 1 fully saturated rings. The number of fused-ring (bicyclic) bond motifs is 3. The fourth-order valence-corrected chi connectivity index (χ4v) is 4.13. The van der Waals surface area contributed by atoms with Crippen LogP contribution in [0.2, 0.25) is 0 Å². The van der Waals surface area contributed by atoms with E-state index >= 15 is 0 Å². The molecule has 2 aliphatic rings. The van der Waals surface area contributed by atoms with E-state index in [2.05, 4.69) is 0 Å². The van der Waals surface area contributed by atoms with E-state index in [1.807, 2.05) is 0 Å². The molecule has 0 saturated carbocycles. The van der Waals surface area contributed by atoms with Gasteiger partial charge in [-0.2, -0.15) is 13.2 Å². The Bertz CT molecular complexity index is 943. The van der Waals surface area contributed by atoms with Gasteiger partial charge in [0.25, 0.3) is 5.60 Å². The maximum atomic E-state index is 14.1. The summed E-state index contributed by atoms with van der Waals surface area (Å²) in [6.45, 7) is 0. The first-order chi connectivity index (χ1) is 13.8. The number of carbonyl (C=O) groups is 2. The van der Waals surface area contributed by atoms with Crippen LogP contribution in [0.4, 0.5) is 13.2 Å². The van der Waals surface area contributed by atoms with Crippen LogP contribution in [0.3, 0.4) is 0 Å². The number of halogens is 3. The molecule has 4 atom stereocenters. The molecular weight excluding hydrogens is 389 g/mol. The summed E-state index contributed by atoms with van der Waals surface area (Å²) in [5.74, 6) is -2.65. The van der Waals surface area contributed by atoms with Gasteiger partial charge in [-0.25, -0.2) is 4.79 Å². The first-order valence-corrected chi connectivity index (χ1v) is 8.96. The number of rotatable bonds is 4. The maximum Gasteiger partial charge on any atom is 0.432 e. The van der Waals surface area contributed by atoms with E-state index in [1.165, 1.54) is 18.2 Å². The summed E-state index contributed by atoms with van der Waals surface area (Å²) < 4.78 is 57.8. The Labute approximate surface area is 164 Å². The quantitative estimate of drug-likeness (QED) is 0.719. The minimum Gasteiger partial charge on any atom is -0.457 e. The molecule has 152 valence electrons. The lowest BCUT2D eigenvalue weighted by molar-refractivity contribution is -0.279. The zero-order chi connectivity index (χ0) is 20.8. The van der Waals surface area contributed by atoms with Crippen molar-refractivity contribution < 1.29 is 37.0 Å². The van der Waals surface area contributed by atoms with E-state index in [0.29, 0.717) is 11.1 Å². The van der Waals surface area contributed by atoms with E-state index in [0.717, 1.165) is 19.2 Å². The van der Waals surface area contributed by atoms with Crippen LogP contribution >= 0.6 is 0 Å². The maximum absolute atomic E-state index is 14.1. The predicted octanol–water partition coefficient (Wildman–Crippen LogP) is 3.99. The zero-order valence-electron chi connectivity index (χ0n) is 15.3. The number of hydrogen-bond donors (Lipinski definition) is 0. The monoisotopic (exact) mass is 406 g/mol. The third-order valence-electron chi connectivity index (χ3n) is 5.45. The van der Waals surface area contributed by atoms with E-state index < -0.39 is 41.8 Å². The molecule has 5 nitrogen and oxygen atoms in total. The summed E-state index contributed by atoms with van der Waals surface area (Å²) in [7, 11) is 0.815. The minimum atomic E-state index is -5.07. The van der Waals surface area contributed by atoms with Crippen LogP contribution in [0.1, 0.15) is 35.3 Å². The Morgan fingerprint density at radius 3 is 2.28 bits per heavy atom. The number of benzene rings is 2. The highest BCUT2D eigenvalue weighted by Gasteiger charge is 2.65. The zero-order valence-corrected chi connectivity index (χ0v) is 15.3. The lowest BCUT2D eigenvalue weighted by atomic mass is 9.92.